The number of carbonyl (C=O) groups is 2. The Morgan fingerprint density at radius 2 is 1.79 bits per heavy atom. The maximum atomic E-state index is 10.9. The fraction of sp³-hybridized carbons (Fsp3) is 0.455. The molecule has 0 unspecified atom stereocenters. The van der Waals surface area contributed by atoms with E-state index in [1.807, 2.05) is 6.07 Å². The molecule has 0 aromatic carbocycles. The van der Waals surface area contributed by atoms with Gasteiger partial charge in [-0.1, -0.05) is 0 Å². The van der Waals surface area contributed by atoms with Gasteiger partial charge in [-0.2, -0.15) is 13.2 Å². The second kappa shape index (κ2) is 6.05. The highest BCUT2D eigenvalue weighted by Gasteiger charge is 2.38. The van der Waals surface area contributed by atoms with Gasteiger partial charge in [-0.15, -0.1) is 11.3 Å². The van der Waals surface area contributed by atoms with Crippen molar-refractivity contribution >= 4 is 23.2 Å². The summed E-state index contributed by atoms with van der Waals surface area (Å²) >= 11 is 1.57. The summed E-state index contributed by atoms with van der Waals surface area (Å²) in [5.74, 6) is -3.04. The third-order valence-electron chi connectivity index (χ3n) is 2.48. The van der Waals surface area contributed by atoms with Crippen LogP contribution in [0, 0.1) is 0 Å². The Labute approximate surface area is 111 Å². The Bertz CT molecular complexity index is 459. The van der Waals surface area contributed by atoms with Crippen LogP contribution in [0.1, 0.15) is 33.0 Å². The summed E-state index contributed by atoms with van der Waals surface area (Å²) in [7, 11) is 0. The molecule has 106 valence electrons. The molecule has 19 heavy (non-hydrogen) atoms. The molecular formula is C11H12F3NO3S. The number of aliphatic carboxylic acids is 1. The van der Waals surface area contributed by atoms with Gasteiger partial charge in [0.25, 0.3) is 5.91 Å². The Hall–Kier alpha value is -1.57. The zero-order valence-corrected chi connectivity index (χ0v) is 10.6. The van der Waals surface area contributed by atoms with E-state index in [1.165, 1.54) is 23.3 Å². The minimum atomic E-state index is -5.08. The smallest absolute Gasteiger partial charge is 0.475 e. The Balaban J connectivity index is 0.000000224. The average molecular weight is 295 g/mol. The normalized spacial score (nSPS) is 14.1. The number of hydrogen-bond donors (Lipinski definition) is 2. The van der Waals surface area contributed by atoms with Crippen LogP contribution in [0.3, 0.4) is 0 Å². The molecule has 8 heteroatoms. The molecule has 0 atom stereocenters. The van der Waals surface area contributed by atoms with Crippen LogP contribution in [-0.4, -0.2) is 23.2 Å². The van der Waals surface area contributed by atoms with E-state index >= 15 is 0 Å². The van der Waals surface area contributed by atoms with Crippen molar-refractivity contribution in [2.24, 2.45) is 5.73 Å². The highest BCUT2D eigenvalue weighted by atomic mass is 32.1. The van der Waals surface area contributed by atoms with Gasteiger partial charge in [0.15, 0.2) is 0 Å². The number of thiophene rings is 1. The second-order valence-electron chi connectivity index (χ2n) is 3.93. The van der Waals surface area contributed by atoms with Crippen LogP contribution in [0.2, 0.25) is 0 Å². The molecule has 2 rings (SSSR count). The van der Waals surface area contributed by atoms with Gasteiger partial charge in [0.05, 0.1) is 4.88 Å². The van der Waals surface area contributed by atoms with Gasteiger partial charge in [-0.25, -0.2) is 4.79 Å². The molecule has 1 aliphatic carbocycles. The van der Waals surface area contributed by atoms with E-state index in [9.17, 15) is 18.0 Å². The molecule has 0 aliphatic heterocycles. The van der Waals surface area contributed by atoms with Crippen molar-refractivity contribution in [1.82, 2.24) is 0 Å². The van der Waals surface area contributed by atoms with Crippen molar-refractivity contribution in [3.63, 3.8) is 0 Å². The van der Waals surface area contributed by atoms with Crippen LogP contribution in [-0.2, 0) is 17.6 Å². The second-order valence-corrected chi connectivity index (χ2v) is 5.07. The lowest BCUT2D eigenvalue weighted by Crippen LogP contribution is -2.21. The highest BCUT2D eigenvalue weighted by Crippen LogP contribution is 2.29. The van der Waals surface area contributed by atoms with E-state index in [-0.39, 0.29) is 5.91 Å². The summed E-state index contributed by atoms with van der Waals surface area (Å²) in [5, 5.41) is 7.12. The molecule has 4 nitrogen and oxygen atoms in total. The van der Waals surface area contributed by atoms with Crippen LogP contribution >= 0.6 is 11.3 Å². The molecular weight excluding hydrogens is 283 g/mol. The predicted octanol–water partition coefficient (Wildman–Crippen LogP) is 2.36. The van der Waals surface area contributed by atoms with Crippen LogP contribution in [0.4, 0.5) is 13.2 Å². The molecule has 3 N–H and O–H groups in total. The van der Waals surface area contributed by atoms with E-state index in [1.54, 1.807) is 11.3 Å². The fourth-order valence-corrected chi connectivity index (χ4v) is 2.72. The molecule has 0 bridgehead atoms. The van der Waals surface area contributed by atoms with Gasteiger partial charge in [0.1, 0.15) is 0 Å². The maximum absolute atomic E-state index is 10.9. The number of halogens is 3. The number of carbonyl (C=O) groups excluding carboxylic acids is 1. The molecule has 1 heterocycles. The number of carboxylic acids is 1. The standard InChI is InChI=1S/C9H11NOS.C2HF3O2/c10-9(11)8-5-6-3-1-2-4-7(6)12-8;3-2(4,5)1(6)7/h5H,1-4H2,(H2,10,11);(H,6,7). The fourth-order valence-electron chi connectivity index (χ4n) is 1.61. The molecule has 0 spiro atoms. The Morgan fingerprint density at radius 1 is 1.26 bits per heavy atom. The zero-order valence-electron chi connectivity index (χ0n) is 9.79. The van der Waals surface area contributed by atoms with Crippen molar-refractivity contribution in [3.05, 3.63) is 21.4 Å². The Kier molecular flexibility index (Phi) is 4.93. The summed E-state index contributed by atoms with van der Waals surface area (Å²) in [6.07, 6.45) is -0.319. The van der Waals surface area contributed by atoms with Gasteiger partial charge < -0.3 is 10.8 Å². The highest BCUT2D eigenvalue weighted by molar-refractivity contribution is 7.14. The summed E-state index contributed by atoms with van der Waals surface area (Å²) in [4.78, 5) is 21.8. The van der Waals surface area contributed by atoms with E-state index < -0.39 is 12.1 Å². The lowest BCUT2D eigenvalue weighted by Gasteiger charge is -2.08. The first-order chi connectivity index (χ1) is 8.71. The molecule has 0 fully saturated rings. The summed E-state index contributed by atoms with van der Waals surface area (Å²) < 4.78 is 31.7. The van der Waals surface area contributed by atoms with Crippen LogP contribution in [0.25, 0.3) is 0 Å². The number of aryl methyl sites for hydroxylation is 2. The van der Waals surface area contributed by atoms with Gasteiger partial charge in [-0.05, 0) is 37.3 Å². The lowest BCUT2D eigenvalue weighted by molar-refractivity contribution is -0.192. The quantitative estimate of drug-likeness (QED) is 0.834. The van der Waals surface area contributed by atoms with Crippen LogP contribution in [0.15, 0.2) is 6.07 Å². The van der Waals surface area contributed by atoms with Gasteiger partial charge in [0, 0.05) is 4.88 Å². The van der Waals surface area contributed by atoms with Crippen LogP contribution < -0.4 is 5.73 Å². The largest absolute Gasteiger partial charge is 0.490 e. The number of fused-ring (bicyclic) bond motifs is 1. The van der Waals surface area contributed by atoms with Gasteiger partial charge >= 0.3 is 12.1 Å². The van der Waals surface area contributed by atoms with Gasteiger partial charge in [0.2, 0.25) is 0 Å². The topological polar surface area (TPSA) is 80.4 Å². The molecule has 1 aliphatic rings. The predicted molar refractivity (Wildman–Crippen MR) is 63.2 cm³/mol. The van der Waals surface area contributed by atoms with Crippen molar-refractivity contribution in [2.75, 3.05) is 0 Å². The maximum Gasteiger partial charge on any atom is 0.490 e. The first-order valence-corrected chi connectivity index (χ1v) is 6.25. The number of hydrogen-bond acceptors (Lipinski definition) is 3. The molecule has 0 radical (unpaired) electrons. The van der Waals surface area contributed by atoms with E-state index in [0.717, 1.165) is 17.7 Å². The number of amides is 1. The van der Waals surface area contributed by atoms with E-state index in [4.69, 9.17) is 15.6 Å². The molecule has 1 amide bonds. The molecule has 1 aromatic heterocycles. The van der Waals surface area contributed by atoms with Crippen molar-refractivity contribution in [1.29, 1.82) is 0 Å². The molecule has 1 aromatic rings. The minimum absolute atomic E-state index is 0.283. The van der Waals surface area contributed by atoms with E-state index in [0.29, 0.717) is 0 Å². The Morgan fingerprint density at radius 3 is 2.21 bits per heavy atom. The first kappa shape index (κ1) is 15.5. The SMILES string of the molecule is NC(=O)c1cc2c(s1)CCCC2.O=C(O)C(F)(F)F. The van der Waals surface area contributed by atoms with Gasteiger partial charge in [-0.3, -0.25) is 4.79 Å². The average Bonchev–Trinajstić information content (AvgIpc) is 2.72. The number of carboxylic acid groups (broad SMARTS) is 1. The third kappa shape index (κ3) is 4.55. The monoisotopic (exact) mass is 295 g/mol. The molecule has 0 saturated carbocycles. The number of alkyl halides is 3. The number of rotatable bonds is 1. The lowest BCUT2D eigenvalue weighted by atomic mass is 9.99. The zero-order chi connectivity index (χ0) is 14.6. The summed E-state index contributed by atoms with van der Waals surface area (Å²) in [5.41, 5.74) is 6.54. The molecule has 0 saturated heterocycles. The number of nitrogens with two attached hydrogens (primary N) is 1. The summed E-state index contributed by atoms with van der Waals surface area (Å²) in [6, 6.07) is 1.96. The first-order valence-electron chi connectivity index (χ1n) is 5.43. The van der Waals surface area contributed by atoms with Crippen molar-refractivity contribution < 1.29 is 27.9 Å². The van der Waals surface area contributed by atoms with Crippen LogP contribution in [0.5, 0.6) is 0 Å². The van der Waals surface area contributed by atoms with Crippen molar-refractivity contribution in [2.45, 2.75) is 31.9 Å². The third-order valence-corrected chi connectivity index (χ3v) is 3.73. The number of primary amides is 1. The van der Waals surface area contributed by atoms with Crippen molar-refractivity contribution in [3.8, 4) is 0 Å². The summed E-state index contributed by atoms with van der Waals surface area (Å²) in [6.45, 7) is 0. The minimum Gasteiger partial charge on any atom is -0.475 e. The van der Waals surface area contributed by atoms with E-state index in [2.05, 4.69) is 0 Å².